The maximum absolute atomic E-state index is 11.8. The first-order chi connectivity index (χ1) is 7.74. The van der Waals surface area contributed by atoms with E-state index in [-0.39, 0.29) is 11.8 Å². The third-order valence-corrected chi connectivity index (χ3v) is 5.02. The average Bonchev–Trinajstić information content (AvgIpc) is 2.22. The lowest BCUT2D eigenvalue weighted by molar-refractivity contribution is -0.121. The zero-order valence-electron chi connectivity index (χ0n) is 11.1. The average molecular weight is 264 g/mol. The van der Waals surface area contributed by atoms with Gasteiger partial charge in [0.05, 0.1) is 5.75 Å². The Morgan fingerprint density at radius 1 is 1.24 bits per heavy atom. The lowest BCUT2D eigenvalue weighted by Gasteiger charge is -2.19. The minimum Gasteiger partial charge on any atom is -0.352 e. The van der Waals surface area contributed by atoms with E-state index in [9.17, 15) is 13.2 Å². The van der Waals surface area contributed by atoms with Crippen LogP contribution in [0.3, 0.4) is 0 Å². The summed E-state index contributed by atoms with van der Waals surface area (Å²) < 4.78 is 23.6. The SMILES string of the molecule is CCC(CC)NC(=O)C(C)S(=O)(=O)CC(C)N. The first-order valence-corrected chi connectivity index (χ1v) is 7.73. The fourth-order valence-electron chi connectivity index (χ4n) is 1.49. The monoisotopic (exact) mass is 264 g/mol. The van der Waals surface area contributed by atoms with Crippen molar-refractivity contribution in [2.75, 3.05) is 5.75 Å². The highest BCUT2D eigenvalue weighted by Gasteiger charge is 2.29. The molecule has 102 valence electrons. The quantitative estimate of drug-likeness (QED) is 0.698. The minimum absolute atomic E-state index is 0.0375. The van der Waals surface area contributed by atoms with Crippen LogP contribution in [0.2, 0.25) is 0 Å². The molecule has 0 aromatic rings. The maximum atomic E-state index is 11.8. The number of nitrogens with one attached hydrogen (secondary N) is 1. The van der Waals surface area contributed by atoms with Crippen molar-refractivity contribution in [1.82, 2.24) is 5.32 Å². The van der Waals surface area contributed by atoms with Crippen LogP contribution in [0.25, 0.3) is 0 Å². The van der Waals surface area contributed by atoms with E-state index in [1.165, 1.54) is 6.92 Å². The number of hydrogen-bond donors (Lipinski definition) is 2. The molecule has 0 spiro atoms. The van der Waals surface area contributed by atoms with Gasteiger partial charge in [0.1, 0.15) is 5.25 Å². The van der Waals surface area contributed by atoms with Gasteiger partial charge in [-0.15, -0.1) is 0 Å². The highest BCUT2D eigenvalue weighted by atomic mass is 32.2. The summed E-state index contributed by atoms with van der Waals surface area (Å²) in [5.74, 6) is -0.593. The van der Waals surface area contributed by atoms with Crippen molar-refractivity contribution in [3.05, 3.63) is 0 Å². The molecular formula is C11H24N2O3S. The Kier molecular flexibility index (Phi) is 6.70. The van der Waals surface area contributed by atoms with E-state index < -0.39 is 27.0 Å². The third kappa shape index (κ3) is 5.50. The smallest absolute Gasteiger partial charge is 0.238 e. The lowest BCUT2D eigenvalue weighted by Crippen LogP contribution is -2.45. The second-order valence-corrected chi connectivity index (χ2v) is 6.84. The molecule has 0 saturated heterocycles. The van der Waals surface area contributed by atoms with E-state index in [0.29, 0.717) is 0 Å². The fourth-order valence-corrected chi connectivity index (χ4v) is 2.90. The van der Waals surface area contributed by atoms with Crippen molar-refractivity contribution in [3.63, 3.8) is 0 Å². The highest BCUT2D eigenvalue weighted by Crippen LogP contribution is 2.06. The number of amides is 1. The number of sulfone groups is 1. The van der Waals surface area contributed by atoms with Crippen LogP contribution in [0, 0.1) is 0 Å². The van der Waals surface area contributed by atoms with Crippen LogP contribution in [0.5, 0.6) is 0 Å². The molecule has 0 aliphatic heterocycles. The van der Waals surface area contributed by atoms with Gasteiger partial charge >= 0.3 is 0 Å². The molecule has 17 heavy (non-hydrogen) atoms. The molecule has 0 saturated carbocycles. The molecule has 0 rings (SSSR count). The molecular weight excluding hydrogens is 240 g/mol. The van der Waals surface area contributed by atoms with Crippen LogP contribution >= 0.6 is 0 Å². The van der Waals surface area contributed by atoms with Gasteiger partial charge in [-0.05, 0) is 26.7 Å². The van der Waals surface area contributed by atoms with E-state index in [4.69, 9.17) is 5.73 Å². The predicted molar refractivity (Wildman–Crippen MR) is 69.4 cm³/mol. The zero-order chi connectivity index (χ0) is 13.6. The highest BCUT2D eigenvalue weighted by molar-refractivity contribution is 7.92. The first-order valence-electron chi connectivity index (χ1n) is 6.02. The summed E-state index contributed by atoms with van der Waals surface area (Å²) in [4.78, 5) is 11.8. The van der Waals surface area contributed by atoms with E-state index in [1.807, 2.05) is 13.8 Å². The molecule has 0 radical (unpaired) electrons. The normalized spacial score (nSPS) is 15.6. The third-order valence-electron chi connectivity index (χ3n) is 2.74. The Hall–Kier alpha value is -0.620. The molecule has 3 N–H and O–H groups in total. The molecule has 2 atom stereocenters. The van der Waals surface area contributed by atoms with Crippen LogP contribution in [0.15, 0.2) is 0 Å². The summed E-state index contributed by atoms with van der Waals surface area (Å²) >= 11 is 0. The Labute approximate surface area is 104 Å². The van der Waals surface area contributed by atoms with Crippen molar-refractivity contribution < 1.29 is 13.2 Å². The van der Waals surface area contributed by atoms with Gasteiger partial charge in [-0.25, -0.2) is 8.42 Å². The summed E-state index contributed by atoms with van der Waals surface area (Å²) in [6, 6.07) is -0.418. The summed E-state index contributed by atoms with van der Waals surface area (Å²) in [6.45, 7) is 6.93. The Balaban J connectivity index is 4.59. The van der Waals surface area contributed by atoms with Gasteiger partial charge in [0.25, 0.3) is 0 Å². The van der Waals surface area contributed by atoms with Crippen molar-refractivity contribution >= 4 is 15.7 Å². The van der Waals surface area contributed by atoms with Gasteiger partial charge in [-0.1, -0.05) is 13.8 Å². The molecule has 2 unspecified atom stereocenters. The van der Waals surface area contributed by atoms with Crippen LogP contribution in [0.1, 0.15) is 40.5 Å². The number of carbonyl (C=O) groups is 1. The van der Waals surface area contributed by atoms with Crippen LogP contribution in [0.4, 0.5) is 0 Å². The van der Waals surface area contributed by atoms with Gasteiger partial charge in [-0.3, -0.25) is 4.79 Å². The molecule has 0 heterocycles. The summed E-state index contributed by atoms with van der Waals surface area (Å²) in [5.41, 5.74) is 5.46. The molecule has 1 amide bonds. The van der Waals surface area contributed by atoms with E-state index in [0.717, 1.165) is 12.8 Å². The molecule has 0 bridgehead atoms. The van der Waals surface area contributed by atoms with Crippen molar-refractivity contribution in [2.24, 2.45) is 5.73 Å². The van der Waals surface area contributed by atoms with E-state index >= 15 is 0 Å². The Morgan fingerprint density at radius 2 is 1.71 bits per heavy atom. The molecule has 0 fully saturated rings. The molecule has 6 heteroatoms. The standard InChI is InChI=1S/C11H24N2O3S/c1-5-10(6-2)13-11(14)9(4)17(15,16)7-8(3)12/h8-10H,5-7,12H2,1-4H3,(H,13,14). The Morgan fingerprint density at radius 3 is 2.06 bits per heavy atom. The van der Waals surface area contributed by atoms with Gasteiger partial charge in [0, 0.05) is 12.1 Å². The van der Waals surface area contributed by atoms with Gasteiger partial charge in [0.15, 0.2) is 9.84 Å². The van der Waals surface area contributed by atoms with E-state index in [1.54, 1.807) is 6.92 Å². The number of carbonyl (C=O) groups excluding carboxylic acids is 1. The zero-order valence-corrected chi connectivity index (χ0v) is 11.9. The molecule has 0 aromatic carbocycles. The van der Waals surface area contributed by atoms with E-state index in [2.05, 4.69) is 5.32 Å². The number of rotatable bonds is 7. The van der Waals surface area contributed by atoms with Crippen LogP contribution in [-0.2, 0) is 14.6 Å². The van der Waals surface area contributed by atoms with Gasteiger partial charge < -0.3 is 11.1 Å². The van der Waals surface area contributed by atoms with Crippen LogP contribution in [-0.4, -0.2) is 37.4 Å². The lowest BCUT2D eigenvalue weighted by atomic mass is 10.2. The molecule has 0 aliphatic rings. The predicted octanol–water partition coefficient (Wildman–Crippen LogP) is 0.442. The maximum Gasteiger partial charge on any atom is 0.238 e. The molecule has 0 aliphatic carbocycles. The minimum atomic E-state index is -3.46. The largest absolute Gasteiger partial charge is 0.352 e. The molecule has 0 aromatic heterocycles. The summed E-state index contributed by atoms with van der Waals surface area (Å²) in [5, 5.41) is 1.70. The van der Waals surface area contributed by atoms with Crippen molar-refractivity contribution in [1.29, 1.82) is 0 Å². The van der Waals surface area contributed by atoms with Gasteiger partial charge in [0.2, 0.25) is 5.91 Å². The van der Waals surface area contributed by atoms with Gasteiger partial charge in [-0.2, -0.15) is 0 Å². The van der Waals surface area contributed by atoms with Crippen LogP contribution < -0.4 is 11.1 Å². The van der Waals surface area contributed by atoms with Crippen molar-refractivity contribution in [3.8, 4) is 0 Å². The summed E-state index contributed by atoms with van der Waals surface area (Å²) in [6.07, 6.45) is 1.59. The number of hydrogen-bond acceptors (Lipinski definition) is 4. The second-order valence-electron chi connectivity index (χ2n) is 4.47. The first kappa shape index (κ1) is 16.4. The second kappa shape index (κ2) is 6.96. The van der Waals surface area contributed by atoms with Crippen molar-refractivity contribution in [2.45, 2.75) is 57.9 Å². The Bertz CT molecular complexity index is 335. The number of nitrogens with two attached hydrogens (primary N) is 1. The topological polar surface area (TPSA) is 89.3 Å². The summed E-state index contributed by atoms with van der Waals surface area (Å²) in [7, 11) is -3.46. The fraction of sp³-hybridized carbons (Fsp3) is 0.909. The molecule has 5 nitrogen and oxygen atoms in total.